The highest BCUT2D eigenvalue weighted by Gasteiger charge is 2.09. The van der Waals surface area contributed by atoms with Crippen LogP contribution in [-0.4, -0.2) is 10.9 Å². The molecule has 0 spiro atoms. The minimum atomic E-state index is -0.286. The number of nitrogens with zero attached hydrogens (tertiary/aromatic N) is 1. The maximum atomic E-state index is 11.8. The van der Waals surface area contributed by atoms with Gasteiger partial charge in [0.25, 0.3) is 5.91 Å². The Balaban J connectivity index is 2.22. The molecule has 1 amide bonds. The van der Waals surface area contributed by atoms with Gasteiger partial charge in [-0.25, -0.2) is 0 Å². The first-order valence-electron chi connectivity index (χ1n) is 4.84. The smallest absolute Gasteiger partial charge is 0.274 e. The summed E-state index contributed by atoms with van der Waals surface area (Å²) in [6, 6.07) is 10.4. The SMILES string of the molecule is O=C(Nc1cc(Br)ccc1Cl)c1ccccn1. The van der Waals surface area contributed by atoms with Crippen molar-refractivity contribution in [1.82, 2.24) is 4.98 Å². The molecule has 0 atom stereocenters. The highest BCUT2D eigenvalue weighted by atomic mass is 79.9. The lowest BCUT2D eigenvalue weighted by Crippen LogP contribution is -2.13. The first-order chi connectivity index (χ1) is 8.16. The van der Waals surface area contributed by atoms with Crippen molar-refractivity contribution in [3.8, 4) is 0 Å². The monoisotopic (exact) mass is 310 g/mol. The van der Waals surface area contributed by atoms with Crippen molar-refractivity contribution in [3.05, 3.63) is 57.8 Å². The summed E-state index contributed by atoms with van der Waals surface area (Å²) < 4.78 is 0.846. The van der Waals surface area contributed by atoms with Crippen molar-refractivity contribution in [2.45, 2.75) is 0 Å². The zero-order valence-corrected chi connectivity index (χ0v) is 11.0. The van der Waals surface area contributed by atoms with Gasteiger partial charge in [-0.05, 0) is 30.3 Å². The van der Waals surface area contributed by atoms with Crippen molar-refractivity contribution in [2.75, 3.05) is 5.32 Å². The Morgan fingerprint density at radius 2 is 2.12 bits per heavy atom. The Bertz CT molecular complexity index is 545. The lowest BCUT2D eigenvalue weighted by Gasteiger charge is -2.06. The molecular weight excluding hydrogens is 304 g/mol. The van der Waals surface area contributed by atoms with Crippen LogP contribution in [0.3, 0.4) is 0 Å². The fraction of sp³-hybridized carbons (Fsp3) is 0. The average Bonchev–Trinajstić information content (AvgIpc) is 2.35. The molecule has 86 valence electrons. The summed E-state index contributed by atoms with van der Waals surface area (Å²) in [5, 5.41) is 3.19. The summed E-state index contributed by atoms with van der Waals surface area (Å²) in [7, 11) is 0. The van der Waals surface area contributed by atoms with Gasteiger partial charge in [-0.1, -0.05) is 33.6 Å². The molecule has 17 heavy (non-hydrogen) atoms. The van der Waals surface area contributed by atoms with E-state index in [4.69, 9.17) is 11.6 Å². The van der Waals surface area contributed by atoms with E-state index in [-0.39, 0.29) is 5.91 Å². The van der Waals surface area contributed by atoms with Crippen LogP contribution in [0, 0.1) is 0 Å². The maximum Gasteiger partial charge on any atom is 0.274 e. The molecule has 1 aromatic carbocycles. The minimum absolute atomic E-state index is 0.286. The summed E-state index contributed by atoms with van der Waals surface area (Å²) in [6.45, 7) is 0. The summed E-state index contributed by atoms with van der Waals surface area (Å²) in [6.07, 6.45) is 1.57. The third kappa shape index (κ3) is 3.05. The highest BCUT2D eigenvalue weighted by molar-refractivity contribution is 9.10. The molecule has 0 unspecified atom stereocenters. The summed E-state index contributed by atoms with van der Waals surface area (Å²) >= 11 is 9.29. The number of hydrogen-bond donors (Lipinski definition) is 1. The van der Waals surface area contributed by atoms with Gasteiger partial charge in [-0.15, -0.1) is 0 Å². The van der Waals surface area contributed by atoms with Crippen LogP contribution in [0.25, 0.3) is 0 Å². The number of aromatic nitrogens is 1. The summed E-state index contributed by atoms with van der Waals surface area (Å²) in [5.41, 5.74) is 0.903. The quantitative estimate of drug-likeness (QED) is 0.918. The maximum absolute atomic E-state index is 11.8. The third-order valence-electron chi connectivity index (χ3n) is 2.07. The van der Waals surface area contributed by atoms with E-state index in [9.17, 15) is 4.79 Å². The van der Waals surface area contributed by atoms with Crippen LogP contribution < -0.4 is 5.32 Å². The fourth-order valence-electron chi connectivity index (χ4n) is 1.28. The Kier molecular flexibility index (Phi) is 3.76. The van der Waals surface area contributed by atoms with Gasteiger partial charge < -0.3 is 5.32 Å². The Morgan fingerprint density at radius 3 is 2.82 bits per heavy atom. The highest BCUT2D eigenvalue weighted by Crippen LogP contribution is 2.25. The molecule has 3 nitrogen and oxygen atoms in total. The average molecular weight is 312 g/mol. The second kappa shape index (κ2) is 5.29. The topological polar surface area (TPSA) is 42.0 Å². The number of pyridine rings is 1. The number of nitrogens with one attached hydrogen (secondary N) is 1. The Morgan fingerprint density at radius 1 is 1.29 bits per heavy atom. The minimum Gasteiger partial charge on any atom is -0.319 e. The van der Waals surface area contributed by atoms with Crippen molar-refractivity contribution in [1.29, 1.82) is 0 Å². The van der Waals surface area contributed by atoms with E-state index in [0.717, 1.165) is 4.47 Å². The molecule has 5 heteroatoms. The normalized spacial score (nSPS) is 10.0. The number of carbonyl (C=O) groups is 1. The van der Waals surface area contributed by atoms with E-state index in [1.807, 2.05) is 0 Å². The standard InChI is InChI=1S/C12H8BrClN2O/c13-8-4-5-9(14)11(7-8)16-12(17)10-3-1-2-6-15-10/h1-7H,(H,16,17). The van der Waals surface area contributed by atoms with E-state index in [1.54, 1.807) is 42.6 Å². The molecule has 2 aromatic rings. The van der Waals surface area contributed by atoms with E-state index >= 15 is 0 Å². The van der Waals surface area contributed by atoms with Crippen LogP contribution in [0.1, 0.15) is 10.5 Å². The number of benzene rings is 1. The van der Waals surface area contributed by atoms with Crippen molar-refractivity contribution in [3.63, 3.8) is 0 Å². The summed E-state index contributed by atoms with van der Waals surface area (Å²) in [4.78, 5) is 15.8. The van der Waals surface area contributed by atoms with Gasteiger partial charge in [0.05, 0.1) is 10.7 Å². The van der Waals surface area contributed by atoms with Crippen LogP contribution in [-0.2, 0) is 0 Å². The van der Waals surface area contributed by atoms with E-state index < -0.39 is 0 Å². The van der Waals surface area contributed by atoms with Crippen molar-refractivity contribution >= 4 is 39.1 Å². The molecule has 1 heterocycles. The third-order valence-corrected chi connectivity index (χ3v) is 2.90. The van der Waals surface area contributed by atoms with Gasteiger partial charge >= 0.3 is 0 Å². The Labute approximate surface area is 112 Å². The largest absolute Gasteiger partial charge is 0.319 e. The van der Waals surface area contributed by atoms with Gasteiger partial charge in [-0.3, -0.25) is 9.78 Å². The second-order valence-corrected chi connectivity index (χ2v) is 4.62. The van der Waals surface area contributed by atoms with Crippen LogP contribution >= 0.6 is 27.5 Å². The first kappa shape index (κ1) is 12.1. The lowest BCUT2D eigenvalue weighted by atomic mass is 10.3. The molecule has 0 aliphatic heterocycles. The molecule has 2 rings (SSSR count). The molecule has 0 radical (unpaired) electrons. The number of hydrogen-bond acceptors (Lipinski definition) is 2. The van der Waals surface area contributed by atoms with Crippen molar-refractivity contribution < 1.29 is 4.79 Å². The summed E-state index contributed by atoms with van der Waals surface area (Å²) in [5.74, 6) is -0.286. The number of carbonyl (C=O) groups excluding carboxylic acids is 1. The van der Waals surface area contributed by atoms with Crippen LogP contribution in [0.2, 0.25) is 5.02 Å². The molecule has 1 N–H and O–H groups in total. The molecule has 0 fully saturated rings. The Hall–Kier alpha value is -1.39. The van der Waals surface area contributed by atoms with E-state index in [0.29, 0.717) is 16.4 Å². The van der Waals surface area contributed by atoms with Gasteiger partial charge in [-0.2, -0.15) is 0 Å². The number of halogens is 2. The van der Waals surface area contributed by atoms with Crippen molar-refractivity contribution in [2.24, 2.45) is 0 Å². The zero-order chi connectivity index (χ0) is 12.3. The van der Waals surface area contributed by atoms with Gasteiger partial charge in [0.15, 0.2) is 0 Å². The van der Waals surface area contributed by atoms with Crippen LogP contribution in [0.5, 0.6) is 0 Å². The number of rotatable bonds is 2. The molecule has 0 aliphatic rings. The van der Waals surface area contributed by atoms with Gasteiger partial charge in [0.2, 0.25) is 0 Å². The van der Waals surface area contributed by atoms with Crippen LogP contribution in [0.15, 0.2) is 47.1 Å². The molecular formula is C12H8BrClN2O. The molecule has 1 aromatic heterocycles. The van der Waals surface area contributed by atoms with Gasteiger partial charge in [0.1, 0.15) is 5.69 Å². The van der Waals surface area contributed by atoms with Crippen LogP contribution in [0.4, 0.5) is 5.69 Å². The second-order valence-electron chi connectivity index (χ2n) is 3.29. The number of amides is 1. The molecule has 0 saturated heterocycles. The van der Waals surface area contributed by atoms with E-state index in [2.05, 4.69) is 26.2 Å². The molecule has 0 bridgehead atoms. The fourth-order valence-corrected chi connectivity index (χ4v) is 1.80. The molecule has 0 aliphatic carbocycles. The predicted molar refractivity (Wildman–Crippen MR) is 71.3 cm³/mol. The lowest BCUT2D eigenvalue weighted by molar-refractivity contribution is 0.102. The predicted octanol–water partition coefficient (Wildman–Crippen LogP) is 3.75. The molecule has 0 saturated carbocycles. The van der Waals surface area contributed by atoms with E-state index in [1.165, 1.54) is 0 Å². The number of anilines is 1. The zero-order valence-electron chi connectivity index (χ0n) is 8.65. The van der Waals surface area contributed by atoms with Gasteiger partial charge in [0, 0.05) is 10.7 Å². The first-order valence-corrected chi connectivity index (χ1v) is 6.01.